The fourth-order valence-electron chi connectivity index (χ4n) is 12.0. The molecule has 0 spiro atoms. The quantitative estimate of drug-likeness (QED) is 0.128. The van der Waals surface area contributed by atoms with Crippen LogP contribution in [0.3, 0.4) is 0 Å². The van der Waals surface area contributed by atoms with Gasteiger partial charge in [0, 0.05) is 180 Å². The van der Waals surface area contributed by atoms with Crippen LogP contribution in [0.15, 0.2) is 72.8 Å². The largest absolute Gasteiger partial charge is 0.337 e. The Kier molecular flexibility index (Phi) is 11.9. The summed E-state index contributed by atoms with van der Waals surface area (Å²) in [6.45, 7) is 15.5. The molecule has 16 rings (SSSR count). The van der Waals surface area contributed by atoms with E-state index in [-0.39, 0.29) is 11.8 Å². The van der Waals surface area contributed by atoms with Crippen molar-refractivity contribution in [3.63, 3.8) is 0 Å². The molecule has 79 heavy (non-hydrogen) atoms. The van der Waals surface area contributed by atoms with E-state index < -0.39 is 0 Å². The van der Waals surface area contributed by atoms with Gasteiger partial charge in [0.2, 0.25) is 0 Å². The molecule has 2 aliphatic heterocycles. The van der Waals surface area contributed by atoms with Crippen LogP contribution in [0.4, 0.5) is 0 Å². The summed E-state index contributed by atoms with van der Waals surface area (Å²) in [5, 5.41) is 8.66. The molecule has 2 amide bonds. The van der Waals surface area contributed by atoms with Crippen molar-refractivity contribution in [2.45, 2.75) is 61.1 Å². The van der Waals surface area contributed by atoms with Crippen LogP contribution in [-0.4, -0.2) is 40.5 Å². The number of carbonyl (C=O) groups is 2. The van der Waals surface area contributed by atoms with Crippen molar-refractivity contribution in [3.8, 4) is 71.0 Å². The zero-order valence-electron chi connectivity index (χ0n) is 43.5. The number of fused-ring (bicyclic) bond motifs is 10. The highest BCUT2D eigenvalue weighted by Crippen LogP contribution is 2.61. The summed E-state index contributed by atoms with van der Waals surface area (Å²) in [4.78, 5) is 54.3. The molecule has 12 aromatic heterocycles. The topological polar surface area (TPSA) is 40.6 Å². The molecule has 0 atom stereocenters. The highest BCUT2D eigenvalue weighted by atomic mass is 79.9. The van der Waals surface area contributed by atoms with Crippen LogP contribution < -0.4 is 0 Å². The minimum Gasteiger partial charge on any atom is -0.337 e. The van der Waals surface area contributed by atoms with Gasteiger partial charge in [0.1, 0.15) is 0 Å². The predicted octanol–water partition coefficient (Wildman–Crippen LogP) is 23.2. The number of carbonyl (C=O) groups excluding carboxylic acids is 2. The molecule has 0 N–H and O–H groups in total. The SMILES string of the molecule is Cc1ccc(-c2c3cc(-c4sc(-c5cc6c(-c7ccc(C)s7)c7sc(-c8sc(C)c9c%10c(sc89)C(=O)N(CCCBr)C%10)cc7c(-c7ccc(C)s7)c6s5)c5c6c(sc45)C(=O)N(C)C6)sc3c(-c3ccc(C)s3)c3cc(C)sc23)s1. The van der Waals surface area contributed by atoms with Gasteiger partial charge in [-0.05, 0) is 121 Å². The highest BCUT2D eigenvalue weighted by molar-refractivity contribution is 9.09. The Hall–Kier alpha value is -4.18. The number of rotatable bonds is 10. The van der Waals surface area contributed by atoms with E-state index in [1.54, 1.807) is 22.7 Å². The molecular weight excluding hydrogens is 1270 g/mol. The molecule has 0 aliphatic carbocycles. The van der Waals surface area contributed by atoms with E-state index in [9.17, 15) is 9.59 Å². The summed E-state index contributed by atoms with van der Waals surface area (Å²) >= 11 is 26.1. The average Bonchev–Trinajstić information content (AvgIpc) is 3.96. The fraction of sp³-hybridized carbons (Fsp3) is 0.194. The van der Waals surface area contributed by atoms with Gasteiger partial charge >= 0.3 is 0 Å². The first-order chi connectivity index (χ1) is 38.3. The van der Waals surface area contributed by atoms with Crippen molar-refractivity contribution >= 4 is 224 Å². The number of thiophene rings is 12. The van der Waals surface area contributed by atoms with Gasteiger partial charge in [0.15, 0.2) is 0 Å². The smallest absolute Gasteiger partial charge is 0.264 e. The number of halogens is 1. The second-order valence-electron chi connectivity index (χ2n) is 20.7. The summed E-state index contributed by atoms with van der Waals surface area (Å²) in [7, 11) is 1.95. The van der Waals surface area contributed by atoms with E-state index in [1.807, 2.05) is 130 Å². The summed E-state index contributed by atoms with van der Waals surface area (Å²) < 4.78 is 7.80. The first kappa shape index (κ1) is 50.5. The third kappa shape index (κ3) is 7.60. The van der Waals surface area contributed by atoms with Gasteiger partial charge in [0.05, 0.1) is 33.8 Å². The van der Waals surface area contributed by atoms with Crippen LogP contribution in [0.25, 0.3) is 132 Å². The van der Waals surface area contributed by atoms with E-state index >= 15 is 0 Å². The molecule has 0 saturated heterocycles. The molecule has 392 valence electrons. The average molecular weight is 1310 g/mol. The van der Waals surface area contributed by atoms with E-state index in [2.05, 4.69) is 130 Å². The van der Waals surface area contributed by atoms with Crippen LogP contribution in [0.2, 0.25) is 0 Å². The van der Waals surface area contributed by atoms with Crippen LogP contribution in [0.5, 0.6) is 0 Å². The molecule has 17 heteroatoms. The van der Waals surface area contributed by atoms with Crippen LogP contribution in [-0.2, 0) is 13.1 Å². The number of nitrogens with zero attached hydrogens (tertiary/aromatic N) is 2. The van der Waals surface area contributed by atoms with Crippen LogP contribution in [0.1, 0.15) is 66.2 Å². The first-order valence-electron chi connectivity index (χ1n) is 25.8. The van der Waals surface area contributed by atoms with Gasteiger partial charge in [-0.2, -0.15) is 0 Å². The van der Waals surface area contributed by atoms with E-state index in [0.29, 0.717) is 13.1 Å². The molecule has 14 aromatic rings. The second-order valence-corrected chi connectivity index (χ2v) is 35.4. The number of aryl methyl sites for hydroxylation is 6. The first-order valence-corrected chi connectivity index (χ1v) is 36.7. The Morgan fingerprint density at radius 3 is 1.32 bits per heavy atom. The van der Waals surface area contributed by atoms with Gasteiger partial charge in [-0.25, -0.2) is 0 Å². The Bertz CT molecular complexity index is 4760. The van der Waals surface area contributed by atoms with Gasteiger partial charge in [-0.3, -0.25) is 9.59 Å². The lowest BCUT2D eigenvalue weighted by Gasteiger charge is -2.14. The van der Waals surface area contributed by atoms with Gasteiger partial charge in [0.25, 0.3) is 11.8 Å². The summed E-state index contributed by atoms with van der Waals surface area (Å²) in [6, 6.07) is 28.4. The number of hydrogen-bond acceptors (Lipinski definition) is 14. The Balaban J connectivity index is 0.942. The molecule has 14 heterocycles. The van der Waals surface area contributed by atoms with Crippen molar-refractivity contribution < 1.29 is 9.59 Å². The van der Waals surface area contributed by atoms with Gasteiger partial charge < -0.3 is 9.80 Å². The molecule has 0 saturated carbocycles. The number of amides is 2. The molecule has 4 nitrogen and oxygen atoms in total. The Morgan fingerprint density at radius 2 is 0.835 bits per heavy atom. The van der Waals surface area contributed by atoms with E-state index in [1.165, 1.54) is 172 Å². The molecule has 0 unspecified atom stereocenters. The Morgan fingerprint density at radius 1 is 0.405 bits per heavy atom. The zero-order valence-corrected chi connectivity index (χ0v) is 54.8. The molecular formula is C62H43BrN2O2S12. The summed E-state index contributed by atoms with van der Waals surface area (Å²) in [6.07, 6.45) is 0.948. The molecule has 2 aromatic carbocycles. The lowest BCUT2D eigenvalue weighted by molar-refractivity contribution is 0.0781. The normalized spacial score (nSPS) is 13.9. The zero-order chi connectivity index (χ0) is 53.6. The van der Waals surface area contributed by atoms with Crippen molar-refractivity contribution in [2.75, 3.05) is 18.9 Å². The highest BCUT2D eigenvalue weighted by Gasteiger charge is 2.37. The molecule has 0 bridgehead atoms. The van der Waals surface area contributed by atoms with E-state index in [4.69, 9.17) is 0 Å². The number of benzene rings is 2. The maximum absolute atomic E-state index is 14.1. The maximum Gasteiger partial charge on any atom is 0.264 e. The third-order valence-electron chi connectivity index (χ3n) is 15.4. The van der Waals surface area contributed by atoms with Gasteiger partial charge in [-0.15, -0.1) is 136 Å². The predicted molar refractivity (Wildman–Crippen MR) is 361 cm³/mol. The van der Waals surface area contributed by atoms with Gasteiger partial charge in [-0.1, -0.05) is 15.9 Å². The molecule has 2 aliphatic rings. The summed E-state index contributed by atoms with van der Waals surface area (Å²) in [5.41, 5.74) is 7.69. The maximum atomic E-state index is 14.1. The number of alkyl halides is 1. The Labute approximate surface area is 511 Å². The number of hydrogen-bond donors (Lipinski definition) is 0. The van der Waals surface area contributed by atoms with Crippen molar-refractivity contribution in [1.29, 1.82) is 0 Å². The standard InChI is InChI=1S/C62H43BrN2O2S12/c1-25-9-13-37(68-25)45-31-19-29(5)72-50(31)46(38-14-10-26(2)69-38)33-22-43(76-51(33)45)58-60-49(35-23-64(7)61(66)54(35)77-60)56(79-58)41-20-32-47(39-15-11-27(3)70-39)53-34(48(52(32)74-41)40-16-12-28(4)71-40)21-42(75-53)57-59-44(30(6)73-57)36-24-65(18-8-17-63)62(67)55(36)78-59/h9-16,19-22H,8,17-18,23-24H2,1-7H3. The fourth-order valence-corrected chi connectivity index (χ4v) is 27.0. The molecule has 0 fully saturated rings. The lowest BCUT2D eigenvalue weighted by atomic mass is 9.99. The third-order valence-corrected chi connectivity index (χ3v) is 30.2. The second kappa shape index (κ2) is 18.7. The van der Waals surface area contributed by atoms with E-state index in [0.717, 1.165) is 28.0 Å². The molecule has 0 radical (unpaired) electrons. The van der Waals surface area contributed by atoms with Crippen molar-refractivity contribution in [1.82, 2.24) is 9.80 Å². The van der Waals surface area contributed by atoms with Crippen LogP contribution in [0, 0.1) is 41.5 Å². The van der Waals surface area contributed by atoms with Crippen LogP contribution >= 0.6 is 152 Å². The lowest BCUT2D eigenvalue weighted by Crippen LogP contribution is -2.25. The summed E-state index contributed by atoms with van der Waals surface area (Å²) in [5.74, 6) is 0.306. The van der Waals surface area contributed by atoms with Crippen molar-refractivity contribution in [3.05, 3.63) is 123 Å². The van der Waals surface area contributed by atoms with Crippen molar-refractivity contribution in [2.24, 2.45) is 0 Å². The minimum absolute atomic E-state index is 0.123. The minimum atomic E-state index is 0.123. The monoisotopic (exact) mass is 1310 g/mol.